The average Bonchev–Trinajstić information content (AvgIpc) is 2.52. The number of hydrogen-bond donors (Lipinski definition) is 3. The number of Topliss-reactive ketones (excluding diaryl/α,β-unsaturated/α-hetero) is 1. The first kappa shape index (κ1) is 17.1. The minimum absolute atomic E-state index is 0.230. The van der Waals surface area contributed by atoms with Gasteiger partial charge in [-0.05, 0) is 12.5 Å². The van der Waals surface area contributed by atoms with E-state index < -0.39 is 29.3 Å². The lowest BCUT2D eigenvalue weighted by molar-refractivity contribution is -0.153. The maximum absolute atomic E-state index is 12.5. The Morgan fingerprint density at radius 2 is 1.70 bits per heavy atom. The average molecular weight is 318 g/mol. The van der Waals surface area contributed by atoms with Crippen molar-refractivity contribution < 1.29 is 19.5 Å². The lowest BCUT2D eigenvalue weighted by Gasteiger charge is -2.44. The van der Waals surface area contributed by atoms with Crippen LogP contribution in [0.5, 0.6) is 0 Å². The molecule has 124 valence electrons. The Kier molecular flexibility index (Phi) is 4.85. The van der Waals surface area contributed by atoms with Gasteiger partial charge < -0.3 is 15.7 Å². The van der Waals surface area contributed by atoms with Crippen LogP contribution in [0.2, 0.25) is 0 Å². The molecule has 6 nitrogen and oxygen atoms in total. The Morgan fingerprint density at radius 1 is 1.13 bits per heavy atom. The molecule has 1 aliphatic carbocycles. The summed E-state index contributed by atoms with van der Waals surface area (Å²) in [7, 11) is 2.94. The number of benzene rings is 1. The summed E-state index contributed by atoms with van der Waals surface area (Å²) in [5.41, 5.74) is -0.828. The smallest absolute Gasteiger partial charge is 0.230 e. The van der Waals surface area contributed by atoms with Crippen LogP contribution in [-0.4, -0.2) is 42.4 Å². The fourth-order valence-corrected chi connectivity index (χ4v) is 3.48. The van der Waals surface area contributed by atoms with E-state index in [1.165, 1.54) is 21.0 Å². The molecule has 2 rings (SSSR count). The highest BCUT2D eigenvalue weighted by molar-refractivity contribution is 6.05. The largest absolute Gasteiger partial charge is 0.389 e. The Bertz CT molecular complexity index is 612. The monoisotopic (exact) mass is 318 g/mol. The van der Waals surface area contributed by atoms with E-state index in [0.717, 1.165) is 0 Å². The van der Waals surface area contributed by atoms with Crippen molar-refractivity contribution >= 4 is 17.6 Å². The van der Waals surface area contributed by atoms with Crippen molar-refractivity contribution in [3.05, 3.63) is 35.9 Å². The van der Waals surface area contributed by atoms with Crippen molar-refractivity contribution in [2.45, 2.75) is 24.9 Å². The summed E-state index contributed by atoms with van der Waals surface area (Å²) in [4.78, 5) is 37.2. The molecule has 0 spiro atoms. The SMILES string of the molecule is CNC(=O)[C@@H]1C(=O)C[C@@](C)(O)[C@@H](C(=O)NC)[C@H]1c1ccccc1. The van der Waals surface area contributed by atoms with Crippen LogP contribution < -0.4 is 10.6 Å². The number of aliphatic hydroxyl groups is 1. The first-order valence-electron chi connectivity index (χ1n) is 7.56. The molecule has 3 N–H and O–H groups in total. The fraction of sp³-hybridized carbons (Fsp3) is 0.471. The van der Waals surface area contributed by atoms with Crippen LogP contribution in [0.4, 0.5) is 0 Å². The summed E-state index contributed by atoms with van der Waals surface area (Å²) in [6.07, 6.45) is -0.230. The van der Waals surface area contributed by atoms with Crippen molar-refractivity contribution in [3.63, 3.8) is 0 Å². The second-order valence-corrected chi connectivity index (χ2v) is 6.12. The number of hydrogen-bond acceptors (Lipinski definition) is 4. The fourth-order valence-electron chi connectivity index (χ4n) is 3.48. The van der Waals surface area contributed by atoms with E-state index in [9.17, 15) is 19.5 Å². The van der Waals surface area contributed by atoms with E-state index >= 15 is 0 Å². The van der Waals surface area contributed by atoms with Crippen LogP contribution in [0.1, 0.15) is 24.8 Å². The normalized spacial score (nSPS) is 30.6. The van der Waals surface area contributed by atoms with Crippen LogP contribution >= 0.6 is 0 Å². The van der Waals surface area contributed by atoms with Gasteiger partial charge in [-0.25, -0.2) is 0 Å². The third-order valence-corrected chi connectivity index (χ3v) is 4.51. The lowest BCUT2D eigenvalue weighted by atomic mass is 9.61. The highest BCUT2D eigenvalue weighted by Gasteiger charge is 2.55. The van der Waals surface area contributed by atoms with Crippen LogP contribution in [0.15, 0.2) is 30.3 Å². The lowest BCUT2D eigenvalue weighted by Crippen LogP contribution is -2.57. The van der Waals surface area contributed by atoms with E-state index in [4.69, 9.17) is 0 Å². The molecule has 2 amide bonds. The van der Waals surface area contributed by atoms with Crippen LogP contribution in [0.3, 0.4) is 0 Å². The van der Waals surface area contributed by atoms with Gasteiger partial charge in [0.2, 0.25) is 11.8 Å². The topological polar surface area (TPSA) is 95.5 Å². The highest BCUT2D eigenvalue weighted by atomic mass is 16.3. The van der Waals surface area contributed by atoms with Crippen LogP contribution in [0, 0.1) is 11.8 Å². The second kappa shape index (κ2) is 6.50. The maximum Gasteiger partial charge on any atom is 0.230 e. The first-order valence-corrected chi connectivity index (χ1v) is 7.56. The van der Waals surface area contributed by atoms with Gasteiger partial charge in [0, 0.05) is 26.4 Å². The predicted octanol–water partition coefficient (Wildman–Crippen LogP) is 0.218. The molecule has 0 saturated heterocycles. The van der Waals surface area contributed by atoms with Crippen molar-refractivity contribution in [2.75, 3.05) is 14.1 Å². The van der Waals surface area contributed by atoms with Gasteiger partial charge in [-0.15, -0.1) is 0 Å². The number of carbonyl (C=O) groups excluding carboxylic acids is 3. The van der Waals surface area contributed by atoms with Gasteiger partial charge >= 0.3 is 0 Å². The Balaban J connectivity index is 2.61. The van der Waals surface area contributed by atoms with E-state index in [1.54, 1.807) is 24.3 Å². The molecule has 1 fully saturated rings. The molecule has 0 unspecified atom stereocenters. The minimum Gasteiger partial charge on any atom is -0.389 e. The minimum atomic E-state index is -1.51. The number of nitrogens with one attached hydrogen (secondary N) is 2. The molecular formula is C17H22N2O4. The molecule has 1 aromatic rings. The zero-order valence-electron chi connectivity index (χ0n) is 13.5. The van der Waals surface area contributed by atoms with Gasteiger partial charge in [0.05, 0.1) is 11.5 Å². The van der Waals surface area contributed by atoms with Crippen molar-refractivity contribution in [2.24, 2.45) is 11.8 Å². The predicted molar refractivity (Wildman–Crippen MR) is 84.5 cm³/mol. The summed E-state index contributed by atoms with van der Waals surface area (Å²) < 4.78 is 0. The Morgan fingerprint density at radius 3 is 2.22 bits per heavy atom. The van der Waals surface area contributed by atoms with Gasteiger partial charge in [-0.3, -0.25) is 14.4 Å². The highest BCUT2D eigenvalue weighted by Crippen LogP contribution is 2.45. The third-order valence-electron chi connectivity index (χ3n) is 4.51. The van der Waals surface area contributed by atoms with E-state index in [-0.39, 0.29) is 18.1 Å². The van der Waals surface area contributed by atoms with E-state index in [0.29, 0.717) is 5.56 Å². The van der Waals surface area contributed by atoms with Crippen LogP contribution in [-0.2, 0) is 14.4 Å². The number of amides is 2. The van der Waals surface area contributed by atoms with Gasteiger partial charge in [0.15, 0.2) is 0 Å². The zero-order valence-corrected chi connectivity index (χ0v) is 13.5. The summed E-state index contributed by atoms with van der Waals surface area (Å²) in [6, 6.07) is 8.92. The molecule has 0 heterocycles. The van der Waals surface area contributed by atoms with Crippen molar-refractivity contribution in [1.82, 2.24) is 10.6 Å². The maximum atomic E-state index is 12.5. The van der Waals surface area contributed by atoms with Crippen molar-refractivity contribution in [1.29, 1.82) is 0 Å². The third kappa shape index (κ3) is 3.12. The molecule has 0 aliphatic heterocycles. The number of rotatable bonds is 3. The molecule has 6 heteroatoms. The Labute approximate surface area is 135 Å². The zero-order chi connectivity index (χ0) is 17.2. The number of ketones is 1. The summed E-state index contributed by atoms with van der Waals surface area (Å²) in [5, 5.41) is 15.7. The summed E-state index contributed by atoms with van der Waals surface area (Å²) >= 11 is 0. The van der Waals surface area contributed by atoms with E-state index in [2.05, 4.69) is 10.6 Å². The molecular weight excluding hydrogens is 296 g/mol. The molecule has 0 aromatic heterocycles. The summed E-state index contributed by atoms with van der Waals surface area (Å²) in [6.45, 7) is 1.47. The Hall–Kier alpha value is -2.21. The van der Waals surface area contributed by atoms with Gasteiger partial charge in [0.1, 0.15) is 11.7 Å². The number of carbonyl (C=O) groups is 3. The molecule has 1 aliphatic rings. The molecule has 23 heavy (non-hydrogen) atoms. The molecule has 4 atom stereocenters. The molecule has 0 bridgehead atoms. The molecule has 1 saturated carbocycles. The molecule has 0 radical (unpaired) electrons. The quantitative estimate of drug-likeness (QED) is 0.695. The first-order chi connectivity index (χ1) is 10.8. The molecule has 1 aromatic carbocycles. The van der Waals surface area contributed by atoms with Gasteiger partial charge in [-0.2, -0.15) is 0 Å². The standard InChI is InChI=1S/C17H22N2O4/c1-17(23)9-11(20)13(15(21)18-2)12(14(17)16(22)19-3)10-7-5-4-6-8-10/h4-8,12-14,23H,9H2,1-3H3,(H,18,21)(H,19,22)/t12-,13+,14+,17+/m0/s1. The van der Waals surface area contributed by atoms with Gasteiger partial charge in [-0.1, -0.05) is 30.3 Å². The van der Waals surface area contributed by atoms with Gasteiger partial charge in [0.25, 0.3) is 0 Å². The van der Waals surface area contributed by atoms with Crippen LogP contribution in [0.25, 0.3) is 0 Å². The second-order valence-electron chi connectivity index (χ2n) is 6.12. The van der Waals surface area contributed by atoms with E-state index in [1.807, 2.05) is 6.07 Å². The van der Waals surface area contributed by atoms with Crippen molar-refractivity contribution in [3.8, 4) is 0 Å². The summed E-state index contributed by atoms with van der Waals surface area (Å²) in [5.74, 6) is -3.78.